The van der Waals surface area contributed by atoms with Crippen molar-refractivity contribution in [3.63, 3.8) is 0 Å². The molecule has 3 fully saturated rings. The molecule has 2 heterocycles. The van der Waals surface area contributed by atoms with Crippen molar-refractivity contribution in [1.82, 2.24) is 4.90 Å². The summed E-state index contributed by atoms with van der Waals surface area (Å²) in [7, 11) is -3.07. The molecule has 7 nitrogen and oxygen atoms in total. The summed E-state index contributed by atoms with van der Waals surface area (Å²) >= 11 is 0. The molecule has 0 aromatic heterocycles. The van der Waals surface area contributed by atoms with E-state index in [1.54, 1.807) is 4.90 Å². The standard InChI is InChI=1S/C17H27NO6S/c19-16(12-3-5-13(6-4-12)17(20)21)18(10-15-2-1-8-24-15)14-7-9-25(22,23)11-14/h12-15H,1-11H2,(H,20,21). The Hall–Kier alpha value is -1.15. The third-order valence-corrected chi connectivity index (χ3v) is 7.53. The Bertz CT molecular complexity index is 605. The van der Waals surface area contributed by atoms with Crippen LogP contribution in [0.25, 0.3) is 0 Å². The van der Waals surface area contributed by atoms with Crippen LogP contribution in [-0.2, 0) is 24.2 Å². The Labute approximate surface area is 148 Å². The molecule has 25 heavy (non-hydrogen) atoms. The van der Waals surface area contributed by atoms with Gasteiger partial charge in [0.05, 0.1) is 23.5 Å². The van der Waals surface area contributed by atoms with Crippen molar-refractivity contribution in [1.29, 1.82) is 0 Å². The molecular weight excluding hydrogens is 346 g/mol. The normalized spacial score (nSPS) is 34.7. The maximum absolute atomic E-state index is 13.1. The number of carboxylic acid groups (broad SMARTS) is 1. The van der Waals surface area contributed by atoms with Crippen LogP contribution in [0.2, 0.25) is 0 Å². The lowest BCUT2D eigenvalue weighted by atomic mass is 9.81. The molecule has 3 rings (SSSR count). The number of sulfone groups is 1. The molecule has 1 aliphatic carbocycles. The van der Waals surface area contributed by atoms with Crippen LogP contribution in [0.3, 0.4) is 0 Å². The summed E-state index contributed by atoms with van der Waals surface area (Å²) in [6.07, 6.45) is 4.52. The van der Waals surface area contributed by atoms with Crippen LogP contribution in [-0.4, -0.2) is 67.1 Å². The Morgan fingerprint density at radius 2 is 1.72 bits per heavy atom. The second-order valence-electron chi connectivity index (χ2n) is 7.57. The van der Waals surface area contributed by atoms with Crippen molar-refractivity contribution in [3.8, 4) is 0 Å². The van der Waals surface area contributed by atoms with E-state index in [4.69, 9.17) is 9.84 Å². The first-order chi connectivity index (χ1) is 11.9. The number of aliphatic carboxylic acids is 1. The molecule has 2 aliphatic heterocycles. The Morgan fingerprint density at radius 3 is 2.24 bits per heavy atom. The third kappa shape index (κ3) is 4.53. The van der Waals surface area contributed by atoms with E-state index in [2.05, 4.69) is 0 Å². The lowest BCUT2D eigenvalue weighted by Gasteiger charge is -2.35. The summed E-state index contributed by atoms with van der Waals surface area (Å²) in [6.45, 7) is 1.15. The van der Waals surface area contributed by atoms with Gasteiger partial charge in [-0.05, 0) is 44.9 Å². The van der Waals surface area contributed by atoms with E-state index in [1.807, 2.05) is 0 Å². The number of amides is 1. The van der Waals surface area contributed by atoms with Gasteiger partial charge in [0.1, 0.15) is 0 Å². The van der Waals surface area contributed by atoms with Crippen LogP contribution in [0.4, 0.5) is 0 Å². The lowest BCUT2D eigenvalue weighted by molar-refractivity contribution is -0.146. The number of nitrogens with zero attached hydrogens (tertiary/aromatic N) is 1. The van der Waals surface area contributed by atoms with E-state index in [0.29, 0.717) is 45.3 Å². The van der Waals surface area contributed by atoms with E-state index in [0.717, 1.165) is 12.8 Å². The Kier molecular flexibility index (Phi) is 5.68. The van der Waals surface area contributed by atoms with E-state index in [1.165, 1.54) is 0 Å². The molecule has 8 heteroatoms. The van der Waals surface area contributed by atoms with Crippen molar-refractivity contribution in [2.45, 2.75) is 57.1 Å². The van der Waals surface area contributed by atoms with Crippen LogP contribution in [0.1, 0.15) is 44.9 Å². The summed E-state index contributed by atoms with van der Waals surface area (Å²) in [5.74, 6) is -1.18. The maximum Gasteiger partial charge on any atom is 0.306 e. The van der Waals surface area contributed by atoms with Gasteiger partial charge >= 0.3 is 5.97 Å². The number of hydrogen-bond acceptors (Lipinski definition) is 5. The molecule has 1 amide bonds. The van der Waals surface area contributed by atoms with E-state index >= 15 is 0 Å². The van der Waals surface area contributed by atoms with Crippen LogP contribution in [0, 0.1) is 11.8 Å². The van der Waals surface area contributed by atoms with Crippen LogP contribution in [0.5, 0.6) is 0 Å². The predicted molar refractivity (Wildman–Crippen MR) is 90.8 cm³/mol. The molecule has 0 spiro atoms. The van der Waals surface area contributed by atoms with Crippen molar-refractivity contribution >= 4 is 21.7 Å². The van der Waals surface area contributed by atoms with Crippen molar-refractivity contribution in [2.75, 3.05) is 24.7 Å². The topological polar surface area (TPSA) is 101 Å². The van der Waals surface area contributed by atoms with Crippen molar-refractivity contribution < 1.29 is 27.9 Å². The highest BCUT2D eigenvalue weighted by Crippen LogP contribution is 2.32. The van der Waals surface area contributed by atoms with Gasteiger partial charge in [0, 0.05) is 25.1 Å². The van der Waals surface area contributed by atoms with Gasteiger partial charge in [-0.15, -0.1) is 0 Å². The first kappa shape index (κ1) is 18.6. The minimum Gasteiger partial charge on any atom is -0.481 e. The lowest BCUT2D eigenvalue weighted by Crippen LogP contribution is -2.48. The predicted octanol–water partition coefficient (Wildman–Crippen LogP) is 1.07. The molecule has 142 valence electrons. The molecule has 3 aliphatic rings. The zero-order valence-corrected chi connectivity index (χ0v) is 15.2. The molecule has 2 unspecified atom stereocenters. The average Bonchev–Trinajstić information content (AvgIpc) is 3.21. The third-order valence-electron chi connectivity index (χ3n) is 5.78. The Morgan fingerprint density at radius 1 is 1.04 bits per heavy atom. The van der Waals surface area contributed by atoms with Crippen molar-refractivity contribution in [2.24, 2.45) is 11.8 Å². The van der Waals surface area contributed by atoms with Gasteiger partial charge in [-0.2, -0.15) is 0 Å². The summed E-state index contributed by atoms with van der Waals surface area (Å²) in [4.78, 5) is 25.9. The first-order valence-corrected chi connectivity index (χ1v) is 11.0. The van der Waals surface area contributed by atoms with E-state index in [-0.39, 0.29) is 41.4 Å². The SMILES string of the molecule is O=C(O)C1CCC(C(=O)N(CC2CCCO2)C2CCS(=O)(=O)C2)CC1. The molecule has 2 saturated heterocycles. The van der Waals surface area contributed by atoms with Gasteiger partial charge in [-0.25, -0.2) is 8.42 Å². The summed E-state index contributed by atoms with van der Waals surface area (Å²) < 4.78 is 29.4. The highest BCUT2D eigenvalue weighted by molar-refractivity contribution is 7.91. The average molecular weight is 373 g/mol. The number of ether oxygens (including phenoxy) is 1. The molecule has 2 atom stereocenters. The quantitative estimate of drug-likeness (QED) is 0.774. The summed E-state index contributed by atoms with van der Waals surface area (Å²) in [5.41, 5.74) is 0. The van der Waals surface area contributed by atoms with E-state index in [9.17, 15) is 18.0 Å². The fourth-order valence-electron chi connectivity index (χ4n) is 4.27. The second-order valence-corrected chi connectivity index (χ2v) is 9.80. The summed E-state index contributed by atoms with van der Waals surface area (Å²) in [6, 6.07) is -0.265. The number of hydrogen-bond donors (Lipinski definition) is 1. The number of carbonyl (C=O) groups is 2. The molecule has 0 aromatic carbocycles. The Balaban J connectivity index is 1.67. The van der Waals surface area contributed by atoms with Crippen LogP contribution < -0.4 is 0 Å². The molecule has 1 saturated carbocycles. The van der Waals surface area contributed by atoms with Crippen LogP contribution >= 0.6 is 0 Å². The van der Waals surface area contributed by atoms with Gasteiger partial charge in [-0.3, -0.25) is 9.59 Å². The van der Waals surface area contributed by atoms with Crippen LogP contribution in [0.15, 0.2) is 0 Å². The zero-order chi connectivity index (χ0) is 18.0. The summed E-state index contributed by atoms with van der Waals surface area (Å²) in [5, 5.41) is 9.11. The van der Waals surface area contributed by atoms with Gasteiger partial charge < -0.3 is 14.7 Å². The first-order valence-electron chi connectivity index (χ1n) is 9.21. The smallest absolute Gasteiger partial charge is 0.306 e. The number of carbonyl (C=O) groups excluding carboxylic acids is 1. The fraction of sp³-hybridized carbons (Fsp3) is 0.882. The molecule has 0 radical (unpaired) electrons. The van der Waals surface area contributed by atoms with Crippen molar-refractivity contribution in [3.05, 3.63) is 0 Å². The second kappa shape index (κ2) is 7.61. The number of rotatable bonds is 5. The highest BCUT2D eigenvalue weighted by atomic mass is 32.2. The highest BCUT2D eigenvalue weighted by Gasteiger charge is 2.39. The van der Waals surface area contributed by atoms with E-state index < -0.39 is 15.8 Å². The maximum atomic E-state index is 13.1. The molecule has 0 aromatic rings. The minimum absolute atomic E-state index is 0.0115. The number of carboxylic acids is 1. The van der Waals surface area contributed by atoms with Gasteiger partial charge in [0.2, 0.25) is 5.91 Å². The zero-order valence-electron chi connectivity index (χ0n) is 14.4. The fourth-order valence-corrected chi connectivity index (χ4v) is 6.00. The molecule has 0 bridgehead atoms. The van der Waals surface area contributed by atoms with Gasteiger partial charge in [-0.1, -0.05) is 0 Å². The monoisotopic (exact) mass is 373 g/mol. The van der Waals surface area contributed by atoms with Gasteiger partial charge in [0.15, 0.2) is 9.84 Å². The van der Waals surface area contributed by atoms with Gasteiger partial charge in [0.25, 0.3) is 0 Å². The minimum atomic E-state index is -3.07. The molecule has 1 N–H and O–H groups in total. The largest absolute Gasteiger partial charge is 0.481 e. The molecular formula is C17H27NO6S.